The average Bonchev–Trinajstić information content (AvgIpc) is 2.69. The van der Waals surface area contributed by atoms with Crippen LogP contribution in [0, 0.1) is 40.1 Å². The summed E-state index contributed by atoms with van der Waals surface area (Å²) in [6.07, 6.45) is 0.825. The van der Waals surface area contributed by atoms with Crippen LogP contribution in [0.4, 0.5) is 19.0 Å². The molecule has 0 saturated carbocycles. The lowest BCUT2D eigenvalue weighted by atomic mass is 10.2. The Hall–Kier alpha value is -4.09. The third-order valence-electron chi connectivity index (χ3n) is 3.70. The number of sulfonamides is 1. The van der Waals surface area contributed by atoms with Gasteiger partial charge in [0.1, 0.15) is 52.5 Å². The van der Waals surface area contributed by atoms with Crippen LogP contribution in [0.1, 0.15) is 11.1 Å². The molecule has 150 valence electrons. The summed E-state index contributed by atoms with van der Waals surface area (Å²) in [5.74, 6) is -3.59. The molecular formula is C19H9F3N4O3S. The number of hydrogen-bond donors (Lipinski definition) is 1. The smallest absolute Gasteiger partial charge is 0.263 e. The SMILES string of the molecule is N#Cc1cc(S(=O)(=O)Nc2ccc(F)cn2)ccc1Oc1cc(F)c(C#N)c(F)c1. The number of aromatic nitrogens is 1. The molecule has 0 unspecified atom stereocenters. The molecule has 0 aliphatic carbocycles. The molecule has 3 rings (SSSR count). The quantitative estimate of drug-likeness (QED) is 0.658. The molecule has 1 N–H and O–H groups in total. The first-order valence-electron chi connectivity index (χ1n) is 7.99. The van der Waals surface area contributed by atoms with E-state index in [0.29, 0.717) is 0 Å². The Bertz CT molecular complexity index is 1290. The van der Waals surface area contributed by atoms with E-state index >= 15 is 0 Å². The first kappa shape index (κ1) is 20.6. The predicted octanol–water partition coefficient (Wildman–Crippen LogP) is 3.84. The molecule has 0 atom stereocenters. The number of halogens is 3. The lowest BCUT2D eigenvalue weighted by Crippen LogP contribution is -2.14. The van der Waals surface area contributed by atoms with Gasteiger partial charge in [0.15, 0.2) is 0 Å². The molecular weight excluding hydrogens is 421 g/mol. The maximum absolute atomic E-state index is 13.7. The van der Waals surface area contributed by atoms with Crippen molar-refractivity contribution in [2.45, 2.75) is 4.90 Å². The highest BCUT2D eigenvalue weighted by Gasteiger charge is 2.19. The summed E-state index contributed by atoms with van der Waals surface area (Å²) >= 11 is 0. The Labute approximate surface area is 168 Å². The van der Waals surface area contributed by atoms with Crippen molar-refractivity contribution >= 4 is 15.8 Å². The summed E-state index contributed by atoms with van der Waals surface area (Å²) in [5, 5.41) is 18.0. The largest absolute Gasteiger partial charge is 0.456 e. The number of nitrogens with zero attached hydrogens (tertiary/aromatic N) is 3. The number of benzene rings is 2. The van der Waals surface area contributed by atoms with Crippen LogP contribution in [0.25, 0.3) is 0 Å². The number of hydrogen-bond acceptors (Lipinski definition) is 6. The van der Waals surface area contributed by atoms with Crippen molar-refractivity contribution in [2.24, 2.45) is 0 Å². The van der Waals surface area contributed by atoms with Gasteiger partial charge >= 0.3 is 0 Å². The van der Waals surface area contributed by atoms with Crippen LogP contribution in [-0.4, -0.2) is 13.4 Å². The first-order chi connectivity index (χ1) is 14.2. The molecule has 0 aliphatic heterocycles. The Morgan fingerprint density at radius 2 is 1.67 bits per heavy atom. The molecule has 1 heterocycles. The Morgan fingerprint density at radius 1 is 0.967 bits per heavy atom. The van der Waals surface area contributed by atoms with Crippen LogP contribution in [0.2, 0.25) is 0 Å². The molecule has 3 aromatic rings. The third kappa shape index (κ3) is 4.32. The minimum absolute atomic E-state index is 0.140. The van der Waals surface area contributed by atoms with E-state index in [0.717, 1.165) is 48.7 Å². The zero-order valence-electron chi connectivity index (χ0n) is 14.7. The van der Waals surface area contributed by atoms with Crippen molar-refractivity contribution in [1.82, 2.24) is 4.98 Å². The van der Waals surface area contributed by atoms with Gasteiger partial charge < -0.3 is 4.74 Å². The number of anilines is 1. The highest BCUT2D eigenvalue weighted by molar-refractivity contribution is 7.92. The van der Waals surface area contributed by atoms with Gasteiger partial charge in [-0.3, -0.25) is 4.72 Å². The van der Waals surface area contributed by atoms with Gasteiger partial charge in [-0.1, -0.05) is 0 Å². The molecule has 30 heavy (non-hydrogen) atoms. The molecule has 2 aromatic carbocycles. The van der Waals surface area contributed by atoms with Gasteiger partial charge in [0.25, 0.3) is 10.0 Å². The van der Waals surface area contributed by atoms with Crippen molar-refractivity contribution in [2.75, 3.05) is 4.72 Å². The molecule has 0 radical (unpaired) electrons. The van der Waals surface area contributed by atoms with Crippen molar-refractivity contribution in [3.63, 3.8) is 0 Å². The van der Waals surface area contributed by atoms with Crippen LogP contribution < -0.4 is 9.46 Å². The van der Waals surface area contributed by atoms with Crippen LogP contribution in [-0.2, 0) is 10.0 Å². The van der Waals surface area contributed by atoms with Gasteiger partial charge in [-0.25, -0.2) is 26.6 Å². The zero-order chi connectivity index (χ0) is 21.9. The van der Waals surface area contributed by atoms with Gasteiger partial charge in [-0.05, 0) is 30.3 Å². The summed E-state index contributed by atoms with van der Waals surface area (Å²) in [5.41, 5.74) is -1.03. The number of ether oxygens (including phenoxy) is 1. The van der Waals surface area contributed by atoms with E-state index in [1.54, 1.807) is 6.07 Å². The van der Waals surface area contributed by atoms with Gasteiger partial charge in [0.2, 0.25) is 0 Å². The molecule has 0 amide bonds. The van der Waals surface area contributed by atoms with E-state index in [4.69, 9.17) is 10.00 Å². The highest BCUT2D eigenvalue weighted by atomic mass is 32.2. The normalized spacial score (nSPS) is 10.7. The fourth-order valence-corrected chi connectivity index (χ4v) is 3.36. The summed E-state index contributed by atoms with van der Waals surface area (Å²) in [6.45, 7) is 0. The molecule has 11 heteroatoms. The Morgan fingerprint density at radius 3 is 2.23 bits per heavy atom. The van der Waals surface area contributed by atoms with Gasteiger partial charge in [0, 0.05) is 12.1 Å². The average molecular weight is 430 g/mol. The van der Waals surface area contributed by atoms with Crippen molar-refractivity contribution in [3.05, 3.63) is 77.2 Å². The van der Waals surface area contributed by atoms with Gasteiger partial charge in [-0.15, -0.1) is 0 Å². The maximum Gasteiger partial charge on any atom is 0.263 e. The highest BCUT2D eigenvalue weighted by Crippen LogP contribution is 2.30. The third-order valence-corrected chi connectivity index (χ3v) is 5.06. The van der Waals surface area contributed by atoms with E-state index in [-0.39, 0.29) is 27.8 Å². The molecule has 1 aromatic heterocycles. The summed E-state index contributed by atoms with van der Waals surface area (Å²) in [7, 11) is -4.17. The Balaban J connectivity index is 1.91. The zero-order valence-corrected chi connectivity index (χ0v) is 15.5. The van der Waals surface area contributed by atoms with Crippen molar-refractivity contribution in [3.8, 4) is 23.6 Å². The first-order valence-corrected chi connectivity index (χ1v) is 9.47. The molecule has 0 saturated heterocycles. The van der Waals surface area contributed by atoms with Crippen LogP contribution in [0.15, 0.2) is 53.6 Å². The van der Waals surface area contributed by atoms with Gasteiger partial charge in [-0.2, -0.15) is 10.5 Å². The van der Waals surface area contributed by atoms with E-state index in [1.165, 1.54) is 6.07 Å². The van der Waals surface area contributed by atoms with Crippen molar-refractivity contribution in [1.29, 1.82) is 10.5 Å². The second-order valence-electron chi connectivity index (χ2n) is 5.71. The minimum Gasteiger partial charge on any atom is -0.456 e. The lowest BCUT2D eigenvalue weighted by molar-refractivity contribution is 0.465. The number of pyridine rings is 1. The molecule has 0 fully saturated rings. The van der Waals surface area contributed by atoms with E-state index < -0.39 is 33.0 Å². The van der Waals surface area contributed by atoms with Crippen molar-refractivity contribution < 1.29 is 26.3 Å². The number of nitrogens with one attached hydrogen (secondary N) is 1. The summed E-state index contributed by atoms with van der Waals surface area (Å²) in [6, 6.07) is 9.94. The van der Waals surface area contributed by atoms with Crippen LogP contribution in [0.3, 0.4) is 0 Å². The predicted molar refractivity (Wildman–Crippen MR) is 97.3 cm³/mol. The molecule has 7 nitrogen and oxygen atoms in total. The molecule has 0 bridgehead atoms. The van der Waals surface area contributed by atoms with Crippen LogP contribution >= 0.6 is 0 Å². The summed E-state index contributed by atoms with van der Waals surface area (Å²) < 4.78 is 72.7. The van der Waals surface area contributed by atoms with Gasteiger partial charge in [0.05, 0.1) is 16.7 Å². The standard InChI is InChI=1S/C19H9F3N4O3S/c20-12-1-4-19(25-10-12)26-30(27,28)14-2-3-18(11(5-14)8-23)29-13-6-16(21)15(9-24)17(22)7-13/h1-7,10H,(H,25,26). The second-order valence-corrected chi connectivity index (χ2v) is 7.40. The van der Waals surface area contributed by atoms with E-state index in [1.807, 2.05) is 0 Å². The topological polar surface area (TPSA) is 116 Å². The fraction of sp³-hybridized carbons (Fsp3) is 0. The molecule has 0 spiro atoms. The van der Waals surface area contributed by atoms with E-state index in [2.05, 4.69) is 9.71 Å². The monoisotopic (exact) mass is 430 g/mol. The number of rotatable bonds is 5. The van der Waals surface area contributed by atoms with E-state index in [9.17, 15) is 26.9 Å². The minimum atomic E-state index is -4.17. The maximum atomic E-state index is 13.7. The lowest BCUT2D eigenvalue weighted by Gasteiger charge is -2.11. The van der Waals surface area contributed by atoms with Crippen LogP contribution in [0.5, 0.6) is 11.5 Å². The Kier molecular flexibility index (Phi) is 5.58. The summed E-state index contributed by atoms with van der Waals surface area (Å²) in [4.78, 5) is 3.26. The number of nitriles is 2. The molecule has 0 aliphatic rings. The fourth-order valence-electron chi connectivity index (χ4n) is 2.33. The second kappa shape index (κ2) is 8.11.